The molecule has 0 aliphatic carbocycles. The molecular formula is C14H17FN2O3. The molecule has 0 spiro atoms. The molecule has 0 aliphatic heterocycles. The SMILES string of the molecule is COCCNCc1ncoc1-c1ccc(OC)c(F)c1. The Balaban J connectivity index is 2.13. The summed E-state index contributed by atoms with van der Waals surface area (Å²) in [5, 5.41) is 3.17. The van der Waals surface area contributed by atoms with Crippen LogP contribution in [-0.2, 0) is 11.3 Å². The van der Waals surface area contributed by atoms with E-state index in [4.69, 9.17) is 13.9 Å². The molecule has 1 N–H and O–H groups in total. The van der Waals surface area contributed by atoms with Crippen molar-refractivity contribution in [3.05, 3.63) is 36.1 Å². The summed E-state index contributed by atoms with van der Waals surface area (Å²) >= 11 is 0. The number of rotatable bonds is 7. The molecule has 5 nitrogen and oxygen atoms in total. The van der Waals surface area contributed by atoms with Crippen molar-refractivity contribution < 1.29 is 18.3 Å². The maximum Gasteiger partial charge on any atom is 0.181 e. The van der Waals surface area contributed by atoms with Gasteiger partial charge in [-0.3, -0.25) is 0 Å². The maximum atomic E-state index is 13.7. The zero-order chi connectivity index (χ0) is 14.4. The van der Waals surface area contributed by atoms with Crippen LogP contribution in [0, 0.1) is 5.82 Å². The highest BCUT2D eigenvalue weighted by molar-refractivity contribution is 5.61. The van der Waals surface area contributed by atoms with Gasteiger partial charge in [0.05, 0.1) is 13.7 Å². The molecule has 0 amide bonds. The molecule has 108 valence electrons. The summed E-state index contributed by atoms with van der Waals surface area (Å²) in [5.41, 5.74) is 1.36. The van der Waals surface area contributed by atoms with Crippen molar-refractivity contribution in [3.63, 3.8) is 0 Å². The van der Waals surface area contributed by atoms with Gasteiger partial charge in [0.1, 0.15) is 5.69 Å². The molecule has 1 aromatic heterocycles. The summed E-state index contributed by atoms with van der Waals surface area (Å²) in [5.74, 6) is 0.323. The van der Waals surface area contributed by atoms with Gasteiger partial charge in [-0.05, 0) is 18.2 Å². The second-order valence-corrected chi connectivity index (χ2v) is 4.15. The van der Waals surface area contributed by atoms with Crippen LogP contribution in [0.1, 0.15) is 5.69 Å². The van der Waals surface area contributed by atoms with Crippen molar-refractivity contribution in [2.24, 2.45) is 0 Å². The standard InChI is InChI=1S/C14H17FN2O3/c1-18-6-5-16-8-12-14(20-9-17-12)10-3-4-13(19-2)11(15)7-10/h3-4,7,9,16H,5-6,8H2,1-2H3. The van der Waals surface area contributed by atoms with E-state index in [0.717, 1.165) is 5.69 Å². The van der Waals surface area contributed by atoms with E-state index < -0.39 is 5.82 Å². The highest BCUT2D eigenvalue weighted by Gasteiger charge is 2.13. The first kappa shape index (κ1) is 14.5. The average Bonchev–Trinajstić information content (AvgIpc) is 2.92. The topological polar surface area (TPSA) is 56.5 Å². The number of hydrogen-bond acceptors (Lipinski definition) is 5. The molecule has 20 heavy (non-hydrogen) atoms. The summed E-state index contributed by atoms with van der Waals surface area (Å²) < 4.78 is 28.9. The third-order valence-corrected chi connectivity index (χ3v) is 2.83. The van der Waals surface area contributed by atoms with Crippen LogP contribution in [0.4, 0.5) is 4.39 Å². The minimum absolute atomic E-state index is 0.202. The molecule has 1 aromatic carbocycles. The van der Waals surface area contributed by atoms with Crippen LogP contribution in [0.5, 0.6) is 5.75 Å². The van der Waals surface area contributed by atoms with Crippen LogP contribution < -0.4 is 10.1 Å². The predicted octanol–water partition coefficient (Wildman–Crippen LogP) is 2.23. The minimum Gasteiger partial charge on any atom is -0.494 e. The Morgan fingerprint density at radius 3 is 2.90 bits per heavy atom. The van der Waals surface area contributed by atoms with Gasteiger partial charge in [-0.25, -0.2) is 9.37 Å². The lowest BCUT2D eigenvalue weighted by molar-refractivity contribution is 0.199. The van der Waals surface area contributed by atoms with Gasteiger partial charge < -0.3 is 19.2 Å². The van der Waals surface area contributed by atoms with E-state index in [1.54, 1.807) is 19.2 Å². The average molecular weight is 280 g/mol. The first-order chi connectivity index (χ1) is 9.76. The van der Waals surface area contributed by atoms with Gasteiger partial charge in [0.25, 0.3) is 0 Å². The molecule has 0 aliphatic rings. The molecule has 0 saturated carbocycles. The summed E-state index contributed by atoms with van der Waals surface area (Å²) in [6.07, 6.45) is 1.35. The molecule has 0 radical (unpaired) electrons. The van der Waals surface area contributed by atoms with Crippen molar-refractivity contribution in [1.82, 2.24) is 10.3 Å². The van der Waals surface area contributed by atoms with Crippen molar-refractivity contribution in [2.75, 3.05) is 27.4 Å². The molecule has 0 fully saturated rings. The number of nitrogens with one attached hydrogen (secondary N) is 1. The van der Waals surface area contributed by atoms with E-state index in [1.807, 2.05) is 0 Å². The quantitative estimate of drug-likeness (QED) is 0.788. The fourth-order valence-corrected chi connectivity index (χ4v) is 1.82. The van der Waals surface area contributed by atoms with Crippen LogP contribution in [0.15, 0.2) is 29.0 Å². The van der Waals surface area contributed by atoms with Crippen molar-refractivity contribution >= 4 is 0 Å². The molecule has 2 aromatic rings. The highest BCUT2D eigenvalue weighted by atomic mass is 19.1. The lowest BCUT2D eigenvalue weighted by Crippen LogP contribution is -2.19. The smallest absolute Gasteiger partial charge is 0.181 e. The number of benzene rings is 1. The van der Waals surface area contributed by atoms with E-state index in [9.17, 15) is 4.39 Å². The molecular weight excluding hydrogens is 263 g/mol. The first-order valence-electron chi connectivity index (χ1n) is 6.22. The van der Waals surface area contributed by atoms with Crippen LogP contribution in [-0.4, -0.2) is 32.4 Å². The van der Waals surface area contributed by atoms with Crippen molar-refractivity contribution in [2.45, 2.75) is 6.54 Å². The van der Waals surface area contributed by atoms with Gasteiger partial charge in [-0.15, -0.1) is 0 Å². The van der Waals surface area contributed by atoms with Crippen molar-refractivity contribution in [3.8, 4) is 17.1 Å². The summed E-state index contributed by atoms with van der Waals surface area (Å²) in [6.45, 7) is 1.85. The molecule has 0 unspecified atom stereocenters. The normalized spacial score (nSPS) is 10.8. The van der Waals surface area contributed by atoms with E-state index >= 15 is 0 Å². The van der Waals surface area contributed by atoms with Gasteiger partial charge in [0, 0.05) is 25.8 Å². The van der Waals surface area contributed by atoms with Gasteiger partial charge in [0.15, 0.2) is 23.7 Å². The molecule has 0 bridgehead atoms. The van der Waals surface area contributed by atoms with Gasteiger partial charge in [0.2, 0.25) is 0 Å². The summed E-state index contributed by atoms with van der Waals surface area (Å²) in [4.78, 5) is 4.14. The van der Waals surface area contributed by atoms with Crippen molar-refractivity contribution in [1.29, 1.82) is 0 Å². The second-order valence-electron chi connectivity index (χ2n) is 4.15. The predicted molar refractivity (Wildman–Crippen MR) is 72.0 cm³/mol. The molecule has 2 rings (SSSR count). The zero-order valence-electron chi connectivity index (χ0n) is 11.5. The molecule has 0 saturated heterocycles. The van der Waals surface area contributed by atoms with E-state index in [-0.39, 0.29) is 5.75 Å². The molecule has 6 heteroatoms. The Morgan fingerprint density at radius 1 is 1.35 bits per heavy atom. The Bertz CT molecular complexity index is 557. The van der Waals surface area contributed by atoms with E-state index in [0.29, 0.717) is 31.0 Å². The second kappa shape index (κ2) is 7.02. The minimum atomic E-state index is -0.431. The third-order valence-electron chi connectivity index (χ3n) is 2.83. The van der Waals surface area contributed by atoms with Gasteiger partial charge >= 0.3 is 0 Å². The number of aromatic nitrogens is 1. The Labute approximate surface area is 116 Å². The van der Waals surface area contributed by atoms with Gasteiger partial charge in [-0.1, -0.05) is 0 Å². The molecule has 0 atom stereocenters. The van der Waals surface area contributed by atoms with Crippen LogP contribution in [0.2, 0.25) is 0 Å². The lowest BCUT2D eigenvalue weighted by Gasteiger charge is -2.06. The maximum absolute atomic E-state index is 13.7. The van der Waals surface area contributed by atoms with E-state index in [1.165, 1.54) is 19.6 Å². The Morgan fingerprint density at radius 2 is 2.20 bits per heavy atom. The Hall–Kier alpha value is -1.92. The van der Waals surface area contributed by atoms with Crippen LogP contribution in [0.25, 0.3) is 11.3 Å². The van der Waals surface area contributed by atoms with Gasteiger partial charge in [-0.2, -0.15) is 0 Å². The van der Waals surface area contributed by atoms with Crippen LogP contribution in [0.3, 0.4) is 0 Å². The lowest BCUT2D eigenvalue weighted by atomic mass is 10.1. The number of hydrogen-bond donors (Lipinski definition) is 1. The van der Waals surface area contributed by atoms with E-state index in [2.05, 4.69) is 10.3 Å². The Kier molecular flexibility index (Phi) is 5.09. The number of nitrogens with zero attached hydrogens (tertiary/aromatic N) is 1. The highest BCUT2D eigenvalue weighted by Crippen LogP contribution is 2.27. The summed E-state index contributed by atoms with van der Waals surface area (Å²) in [7, 11) is 3.07. The van der Waals surface area contributed by atoms with Crippen LogP contribution >= 0.6 is 0 Å². The number of halogens is 1. The first-order valence-corrected chi connectivity index (χ1v) is 6.22. The zero-order valence-corrected chi connectivity index (χ0v) is 11.5. The number of oxazole rings is 1. The fraction of sp³-hybridized carbons (Fsp3) is 0.357. The molecule has 1 heterocycles. The number of ether oxygens (including phenoxy) is 2. The largest absolute Gasteiger partial charge is 0.494 e. The fourth-order valence-electron chi connectivity index (χ4n) is 1.82. The summed E-state index contributed by atoms with van der Waals surface area (Å²) in [6, 6.07) is 4.67. The number of methoxy groups -OCH3 is 2. The monoisotopic (exact) mass is 280 g/mol. The third kappa shape index (κ3) is 3.34.